The molecule has 0 radical (unpaired) electrons. The van der Waals surface area contributed by atoms with Crippen LogP contribution in [-0.2, 0) is 23.0 Å². The van der Waals surface area contributed by atoms with Crippen LogP contribution >= 0.6 is 0 Å². The van der Waals surface area contributed by atoms with E-state index in [2.05, 4.69) is 32.7 Å². The van der Waals surface area contributed by atoms with Gasteiger partial charge in [-0.05, 0) is 45.3 Å². The van der Waals surface area contributed by atoms with Crippen LogP contribution in [0, 0.1) is 0 Å². The van der Waals surface area contributed by atoms with Crippen molar-refractivity contribution in [1.82, 2.24) is 9.55 Å². The second-order valence-electron chi connectivity index (χ2n) is 6.98. The fourth-order valence-corrected chi connectivity index (χ4v) is 2.40. The summed E-state index contributed by atoms with van der Waals surface area (Å²) in [5.74, 6) is 0.802. The molecule has 0 atom stereocenters. The Kier molecular flexibility index (Phi) is 3.98. The van der Waals surface area contributed by atoms with Gasteiger partial charge in [-0.3, -0.25) is 0 Å². The van der Waals surface area contributed by atoms with Crippen molar-refractivity contribution >= 4 is 12.6 Å². The summed E-state index contributed by atoms with van der Waals surface area (Å²) in [7, 11) is 1.60. The van der Waals surface area contributed by atoms with Gasteiger partial charge in [-0.2, -0.15) is 0 Å². The predicted octanol–water partition coefficient (Wildman–Crippen LogP) is 2.30. The minimum absolute atomic E-state index is 0.328. The second kappa shape index (κ2) is 5.69. The minimum Gasteiger partial charge on any atom is -0.487 e. The first-order chi connectivity index (χ1) is 10.8. The average Bonchev–Trinajstić information content (AvgIpc) is 2.98. The molecule has 1 saturated heterocycles. The molecule has 2 heterocycles. The summed E-state index contributed by atoms with van der Waals surface area (Å²) in [6.45, 7) is 8.67. The number of hydrogen-bond acceptors (Lipinski definition) is 4. The van der Waals surface area contributed by atoms with E-state index in [0.29, 0.717) is 6.61 Å². The number of nitrogens with zero attached hydrogens (tertiary/aromatic N) is 2. The van der Waals surface area contributed by atoms with Crippen molar-refractivity contribution in [3.05, 3.63) is 42.5 Å². The van der Waals surface area contributed by atoms with E-state index in [-0.39, 0.29) is 18.3 Å². The Morgan fingerprint density at radius 1 is 1.09 bits per heavy atom. The van der Waals surface area contributed by atoms with Crippen molar-refractivity contribution < 1.29 is 14.0 Å². The number of aromatic nitrogens is 2. The number of benzene rings is 1. The average molecular weight is 314 g/mol. The van der Waals surface area contributed by atoms with Crippen LogP contribution in [0.15, 0.2) is 36.8 Å². The van der Waals surface area contributed by atoms with Crippen LogP contribution in [0.4, 0.5) is 0 Å². The van der Waals surface area contributed by atoms with Gasteiger partial charge in [0.2, 0.25) is 0 Å². The van der Waals surface area contributed by atoms with Crippen LogP contribution in [0.25, 0.3) is 0 Å². The van der Waals surface area contributed by atoms with Crippen molar-refractivity contribution in [2.75, 3.05) is 0 Å². The predicted molar refractivity (Wildman–Crippen MR) is 89.7 cm³/mol. The first-order valence-corrected chi connectivity index (χ1v) is 7.82. The van der Waals surface area contributed by atoms with Gasteiger partial charge in [0, 0.05) is 13.2 Å². The van der Waals surface area contributed by atoms with Crippen LogP contribution in [0.2, 0.25) is 0 Å². The summed E-state index contributed by atoms with van der Waals surface area (Å²) in [5.41, 5.74) is 1.24. The molecular weight excluding hydrogens is 291 g/mol. The molecule has 0 bridgehead atoms. The highest BCUT2D eigenvalue weighted by Gasteiger charge is 2.51. The molecule has 1 aliphatic rings. The monoisotopic (exact) mass is 314 g/mol. The van der Waals surface area contributed by atoms with E-state index in [0.717, 1.165) is 16.9 Å². The van der Waals surface area contributed by atoms with Crippen LogP contribution < -0.4 is 10.2 Å². The minimum atomic E-state index is -0.343. The van der Waals surface area contributed by atoms with Crippen molar-refractivity contribution in [3.8, 4) is 5.75 Å². The van der Waals surface area contributed by atoms with Gasteiger partial charge >= 0.3 is 7.12 Å². The summed E-state index contributed by atoms with van der Waals surface area (Å²) in [6, 6.07) is 7.83. The maximum absolute atomic E-state index is 6.05. The Morgan fingerprint density at radius 2 is 1.70 bits per heavy atom. The highest BCUT2D eigenvalue weighted by Crippen LogP contribution is 2.36. The normalized spacial score (nSPS) is 19.1. The zero-order valence-electron chi connectivity index (χ0n) is 14.4. The molecule has 0 amide bonds. The largest absolute Gasteiger partial charge is 0.494 e. The summed E-state index contributed by atoms with van der Waals surface area (Å²) < 4.78 is 19.7. The second-order valence-corrected chi connectivity index (χ2v) is 6.98. The molecule has 1 aromatic carbocycles. The van der Waals surface area contributed by atoms with E-state index in [1.54, 1.807) is 6.33 Å². The third kappa shape index (κ3) is 3.28. The fourth-order valence-electron chi connectivity index (χ4n) is 2.40. The topological polar surface area (TPSA) is 45.5 Å². The van der Waals surface area contributed by atoms with Gasteiger partial charge < -0.3 is 18.6 Å². The van der Waals surface area contributed by atoms with Crippen molar-refractivity contribution in [1.29, 1.82) is 0 Å². The highest BCUT2D eigenvalue weighted by atomic mass is 16.7. The lowest BCUT2D eigenvalue weighted by Crippen LogP contribution is -2.41. The molecule has 0 spiro atoms. The molecule has 0 saturated carbocycles. The maximum Gasteiger partial charge on any atom is 0.494 e. The molecule has 0 N–H and O–H groups in total. The van der Waals surface area contributed by atoms with E-state index in [1.807, 2.05) is 42.1 Å². The van der Waals surface area contributed by atoms with Crippen molar-refractivity contribution in [2.24, 2.45) is 7.05 Å². The lowest BCUT2D eigenvalue weighted by Gasteiger charge is -2.32. The smallest absolute Gasteiger partial charge is 0.487 e. The van der Waals surface area contributed by atoms with Crippen LogP contribution in [0.3, 0.4) is 0 Å². The number of rotatable bonds is 4. The summed E-state index contributed by atoms with van der Waals surface area (Å²) >= 11 is 0. The lowest BCUT2D eigenvalue weighted by molar-refractivity contribution is 0.00578. The van der Waals surface area contributed by atoms with Gasteiger partial charge in [-0.15, -0.1) is 0 Å². The summed E-state index contributed by atoms with van der Waals surface area (Å²) in [6.07, 6.45) is 3.71. The lowest BCUT2D eigenvalue weighted by atomic mass is 9.79. The van der Waals surface area contributed by atoms with E-state index in [9.17, 15) is 0 Å². The van der Waals surface area contributed by atoms with Gasteiger partial charge in [-0.25, -0.2) is 4.98 Å². The molecule has 1 aliphatic heterocycles. The number of hydrogen-bond donors (Lipinski definition) is 0. The van der Waals surface area contributed by atoms with E-state index < -0.39 is 0 Å². The third-order valence-electron chi connectivity index (χ3n) is 4.55. The molecule has 3 rings (SSSR count). The van der Waals surface area contributed by atoms with Gasteiger partial charge in [0.05, 0.1) is 23.2 Å². The number of ether oxygens (including phenoxy) is 1. The van der Waals surface area contributed by atoms with Crippen LogP contribution in [0.1, 0.15) is 33.4 Å². The van der Waals surface area contributed by atoms with E-state index in [4.69, 9.17) is 14.0 Å². The highest BCUT2D eigenvalue weighted by molar-refractivity contribution is 6.62. The standard InChI is InChI=1S/C17H23BN2O3/c1-16(2)17(3,4)23-18(22-16)13-6-8-15(9-7-13)21-11-14-10-20(5)12-19-14/h6-10,12H,11H2,1-5H3. The Morgan fingerprint density at radius 3 is 2.22 bits per heavy atom. The molecule has 122 valence electrons. The zero-order valence-corrected chi connectivity index (χ0v) is 14.4. The van der Waals surface area contributed by atoms with Gasteiger partial charge in [0.15, 0.2) is 0 Å². The summed E-state index contributed by atoms with van der Waals surface area (Å²) in [4.78, 5) is 4.24. The molecule has 1 fully saturated rings. The third-order valence-corrected chi connectivity index (χ3v) is 4.55. The first-order valence-electron chi connectivity index (χ1n) is 7.82. The Hall–Kier alpha value is -1.79. The number of aryl methyl sites for hydroxylation is 1. The summed E-state index contributed by atoms with van der Waals surface area (Å²) in [5, 5.41) is 0. The molecule has 6 heteroatoms. The number of imidazole rings is 1. The molecule has 0 unspecified atom stereocenters. The first kappa shape index (κ1) is 16.1. The SMILES string of the molecule is Cn1cnc(COc2ccc(B3OC(C)(C)C(C)(C)O3)cc2)c1. The molecule has 1 aromatic heterocycles. The molecule has 2 aromatic rings. The van der Waals surface area contributed by atoms with Gasteiger partial charge in [0.1, 0.15) is 12.4 Å². The zero-order chi connectivity index (χ0) is 16.7. The Balaban J connectivity index is 1.64. The van der Waals surface area contributed by atoms with Crippen LogP contribution in [-0.4, -0.2) is 27.9 Å². The van der Waals surface area contributed by atoms with Crippen molar-refractivity contribution in [3.63, 3.8) is 0 Å². The molecular formula is C17H23BN2O3. The van der Waals surface area contributed by atoms with Gasteiger partial charge in [-0.1, -0.05) is 12.1 Å². The van der Waals surface area contributed by atoms with Gasteiger partial charge in [0.25, 0.3) is 0 Å². The quantitative estimate of drug-likeness (QED) is 0.813. The Labute approximate surface area is 137 Å². The fraction of sp³-hybridized carbons (Fsp3) is 0.471. The van der Waals surface area contributed by atoms with E-state index in [1.165, 1.54) is 0 Å². The van der Waals surface area contributed by atoms with Crippen LogP contribution in [0.5, 0.6) is 5.75 Å². The molecule has 5 nitrogen and oxygen atoms in total. The maximum atomic E-state index is 6.05. The Bertz CT molecular complexity index is 663. The molecule has 0 aliphatic carbocycles. The van der Waals surface area contributed by atoms with E-state index >= 15 is 0 Å². The van der Waals surface area contributed by atoms with Crippen molar-refractivity contribution in [2.45, 2.75) is 45.5 Å². The molecule has 23 heavy (non-hydrogen) atoms.